The zero-order valence-electron chi connectivity index (χ0n) is 29.4. The monoisotopic (exact) mass is 718 g/mol. The van der Waals surface area contributed by atoms with Crippen molar-refractivity contribution in [3.05, 3.63) is 99.2 Å². The van der Waals surface area contributed by atoms with Gasteiger partial charge < -0.3 is 14.3 Å². The van der Waals surface area contributed by atoms with Gasteiger partial charge in [0.2, 0.25) is 5.89 Å². The van der Waals surface area contributed by atoms with Gasteiger partial charge in [-0.25, -0.2) is 4.98 Å². The number of oxazole rings is 1. The van der Waals surface area contributed by atoms with E-state index in [4.69, 9.17) is 14.1 Å². The molecule has 7 rings (SSSR count). The van der Waals surface area contributed by atoms with Crippen molar-refractivity contribution < 1.29 is 27.4 Å². The zero-order valence-corrected chi connectivity index (χ0v) is 29.4. The Morgan fingerprint density at radius 1 is 0.981 bits per heavy atom. The molecule has 270 valence electrons. The summed E-state index contributed by atoms with van der Waals surface area (Å²) in [4.78, 5) is 13.5. The SMILES string of the molecule is COc1cc(/C=C/c2ccnc(-c3cccc(-c4nc5cc(CN6CC[C@@H](O)C6)cc(C#N)c5o4)c3C)c2C#N)c(C(F)(F)F)cc1CN1CCCC1. The van der Waals surface area contributed by atoms with Crippen LogP contribution < -0.4 is 4.74 Å². The second-order valence-electron chi connectivity index (χ2n) is 13.6. The molecule has 2 aliphatic heterocycles. The number of aliphatic hydroxyl groups excluding tert-OH is 1. The smallest absolute Gasteiger partial charge is 0.417 e. The molecule has 2 saturated heterocycles. The molecule has 1 N–H and O–H groups in total. The van der Waals surface area contributed by atoms with E-state index in [1.54, 1.807) is 18.2 Å². The molecule has 0 bridgehead atoms. The largest absolute Gasteiger partial charge is 0.496 e. The molecular weight excluding hydrogens is 681 g/mol. The predicted molar refractivity (Wildman–Crippen MR) is 194 cm³/mol. The molecule has 0 unspecified atom stereocenters. The number of ether oxygens (including phenoxy) is 1. The lowest BCUT2D eigenvalue weighted by molar-refractivity contribution is -0.137. The zero-order chi connectivity index (χ0) is 37.3. The van der Waals surface area contributed by atoms with Gasteiger partial charge in [0.15, 0.2) is 5.58 Å². The summed E-state index contributed by atoms with van der Waals surface area (Å²) in [5, 5.41) is 30.2. The van der Waals surface area contributed by atoms with Crippen LogP contribution in [0.25, 0.3) is 46.0 Å². The molecule has 3 aromatic carbocycles. The highest BCUT2D eigenvalue weighted by Crippen LogP contribution is 2.39. The molecule has 53 heavy (non-hydrogen) atoms. The minimum absolute atomic E-state index is 0.0752. The normalized spacial score (nSPS) is 16.8. The minimum Gasteiger partial charge on any atom is -0.496 e. The molecule has 9 nitrogen and oxygen atoms in total. The summed E-state index contributed by atoms with van der Waals surface area (Å²) < 4.78 is 54.9. The maximum absolute atomic E-state index is 14.4. The molecule has 5 aromatic rings. The van der Waals surface area contributed by atoms with E-state index in [-0.39, 0.29) is 17.2 Å². The Bertz CT molecular complexity index is 2300. The molecule has 0 radical (unpaired) electrons. The summed E-state index contributed by atoms with van der Waals surface area (Å²) in [6.45, 7) is 5.80. The van der Waals surface area contributed by atoms with Gasteiger partial charge in [-0.3, -0.25) is 14.8 Å². The number of alkyl halides is 3. The van der Waals surface area contributed by atoms with Crippen LogP contribution in [0.3, 0.4) is 0 Å². The summed E-state index contributed by atoms with van der Waals surface area (Å²) >= 11 is 0. The van der Waals surface area contributed by atoms with Gasteiger partial charge in [-0.1, -0.05) is 24.3 Å². The van der Waals surface area contributed by atoms with Gasteiger partial charge in [0.1, 0.15) is 23.4 Å². The fourth-order valence-corrected chi connectivity index (χ4v) is 7.35. The summed E-state index contributed by atoms with van der Waals surface area (Å²) in [6.07, 6.45) is 2.15. The van der Waals surface area contributed by atoms with Gasteiger partial charge in [0.05, 0.1) is 35.6 Å². The first-order valence-corrected chi connectivity index (χ1v) is 17.5. The molecule has 1 atom stereocenters. The lowest BCUT2D eigenvalue weighted by Crippen LogP contribution is -2.21. The van der Waals surface area contributed by atoms with Crippen molar-refractivity contribution in [2.75, 3.05) is 33.3 Å². The van der Waals surface area contributed by atoms with Crippen molar-refractivity contribution in [3.63, 3.8) is 0 Å². The highest BCUT2D eigenvalue weighted by atomic mass is 19.4. The first-order valence-electron chi connectivity index (χ1n) is 17.5. The Hall–Kier alpha value is -5.53. The van der Waals surface area contributed by atoms with Crippen molar-refractivity contribution in [1.29, 1.82) is 10.5 Å². The van der Waals surface area contributed by atoms with Crippen LogP contribution in [0, 0.1) is 29.6 Å². The number of β-amino-alcohol motifs (C(OH)–C–C–N with tert-alkyl or cyclic N) is 1. The Morgan fingerprint density at radius 2 is 1.75 bits per heavy atom. The number of hydrogen-bond acceptors (Lipinski definition) is 9. The van der Waals surface area contributed by atoms with Gasteiger partial charge in [-0.15, -0.1) is 0 Å². The first-order chi connectivity index (χ1) is 25.6. The van der Waals surface area contributed by atoms with Gasteiger partial charge >= 0.3 is 6.18 Å². The second-order valence-corrected chi connectivity index (χ2v) is 13.6. The number of hydrogen-bond donors (Lipinski definition) is 1. The van der Waals surface area contributed by atoms with Gasteiger partial charge in [0, 0.05) is 49.1 Å². The Labute approximate surface area is 305 Å². The number of aromatic nitrogens is 2. The minimum atomic E-state index is -4.61. The van der Waals surface area contributed by atoms with Crippen molar-refractivity contribution in [2.24, 2.45) is 0 Å². The van der Waals surface area contributed by atoms with Crippen LogP contribution in [0.1, 0.15) is 63.8 Å². The fraction of sp³-hybridized carbons (Fsp3) is 0.317. The molecule has 2 aromatic heterocycles. The third kappa shape index (κ3) is 7.40. The van der Waals surface area contributed by atoms with E-state index in [0.717, 1.165) is 38.0 Å². The number of halogens is 3. The third-order valence-corrected chi connectivity index (χ3v) is 10.0. The first kappa shape index (κ1) is 35.9. The molecule has 4 heterocycles. The number of methoxy groups -OCH3 is 1. The summed E-state index contributed by atoms with van der Waals surface area (Å²) in [5.41, 5.74) is 4.66. The van der Waals surface area contributed by atoms with Crippen LogP contribution in [0.2, 0.25) is 0 Å². The maximum atomic E-state index is 14.4. The number of benzene rings is 3. The van der Waals surface area contributed by atoms with E-state index < -0.39 is 11.7 Å². The molecule has 0 aliphatic carbocycles. The average molecular weight is 719 g/mol. The van der Waals surface area contributed by atoms with Crippen molar-refractivity contribution in [3.8, 4) is 40.6 Å². The summed E-state index contributed by atoms with van der Waals surface area (Å²) in [6, 6.07) is 17.7. The van der Waals surface area contributed by atoms with Crippen LogP contribution in [0.4, 0.5) is 13.2 Å². The van der Waals surface area contributed by atoms with E-state index in [1.165, 1.54) is 37.6 Å². The Morgan fingerprint density at radius 3 is 2.45 bits per heavy atom. The topological polar surface area (TPSA) is 122 Å². The van der Waals surface area contributed by atoms with Crippen molar-refractivity contribution >= 4 is 23.3 Å². The molecule has 0 spiro atoms. The number of fused-ring (bicyclic) bond motifs is 1. The number of pyridine rings is 1. The number of nitrogens with zero attached hydrogens (tertiary/aromatic N) is 6. The fourth-order valence-electron chi connectivity index (χ4n) is 7.35. The van der Waals surface area contributed by atoms with Crippen LogP contribution in [-0.2, 0) is 19.3 Å². The standard InChI is InChI=1S/C41H37F3N6O3/c1-25-32(6-5-7-33(25)40-48-36-17-26(16-29(20-45)39(36)53-40)22-50-15-11-31(51)24-50)38-34(21-46)27(10-12-47-38)8-9-28-19-37(52-2)30(18-35(28)41(42,43)44)23-49-13-3-4-14-49/h5-10,12,16-19,31,51H,3-4,11,13-15,22-24H2,1-2H3/b9-8+/t31-/m1/s1. The van der Waals surface area contributed by atoms with Gasteiger partial charge in [0.25, 0.3) is 0 Å². The van der Waals surface area contributed by atoms with Crippen molar-refractivity contribution in [1.82, 2.24) is 19.8 Å². The molecule has 12 heteroatoms. The van der Waals surface area contributed by atoms with Gasteiger partial charge in [-0.05, 0) is 97.9 Å². The van der Waals surface area contributed by atoms with E-state index in [1.807, 2.05) is 25.1 Å². The molecule has 0 saturated carbocycles. The van der Waals surface area contributed by atoms with E-state index >= 15 is 0 Å². The quantitative estimate of drug-likeness (QED) is 0.162. The Kier molecular flexibility index (Phi) is 10.0. The summed E-state index contributed by atoms with van der Waals surface area (Å²) in [5.74, 6) is 0.664. The molecule has 2 aliphatic rings. The Balaban J connectivity index is 1.23. The van der Waals surface area contributed by atoms with Crippen LogP contribution in [0.5, 0.6) is 5.75 Å². The van der Waals surface area contributed by atoms with Crippen LogP contribution in [-0.4, -0.2) is 64.3 Å². The maximum Gasteiger partial charge on any atom is 0.417 e. The third-order valence-electron chi connectivity index (χ3n) is 10.0. The predicted octanol–water partition coefficient (Wildman–Crippen LogP) is 7.97. The highest BCUT2D eigenvalue weighted by Gasteiger charge is 2.34. The molecular formula is C41H37F3N6O3. The van der Waals surface area contributed by atoms with Crippen LogP contribution >= 0.6 is 0 Å². The number of rotatable bonds is 9. The molecule has 2 fully saturated rings. The van der Waals surface area contributed by atoms with Crippen LogP contribution in [0.15, 0.2) is 59.1 Å². The van der Waals surface area contributed by atoms with Crippen molar-refractivity contribution in [2.45, 2.75) is 51.6 Å². The average Bonchev–Trinajstić information content (AvgIpc) is 3.92. The van der Waals surface area contributed by atoms with E-state index in [2.05, 4.69) is 26.9 Å². The second kappa shape index (κ2) is 14.8. The lowest BCUT2D eigenvalue weighted by atomic mass is 9.94. The number of likely N-dealkylation sites (tertiary alicyclic amines) is 2. The van der Waals surface area contributed by atoms with E-state index in [9.17, 15) is 28.8 Å². The lowest BCUT2D eigenvalue weighted by Gasteiger charge is -2.20. The number of aliphatic hydroxyl groups is 1. The van der Waals surface area contributed by atoms with Gasteiger partial charge in [-0.2, -0.15) is 23.7 Å². The summed E-state index contributed by atoms with van der Waals surface area (Å²) in [7, 11) is 1.45. The number of nitriles is 2. The molecule has 0 amide bonds. The highest BCUT2D eigenvalue weighted by molar-refractivity contribution is 5.85. The van der Waals surface area contributed by atoms with E-state index in [0.29, 0.717) is 87.9 Å².